The molecule has 2 aromatic heterocycles. The number of carbonyl (C=O) groups excluding carboxylic acids is 2. The second kappa shape index (κ2) is 12.6. The zero-order valence-electron chi connectivity index (χ0n) is 23.0. The number of nitrogens with zero attached hydrogens (tertiary/aromatic N) is 5. The van der Waals surface area contributed by atoms with Gasteiger partial charge in [0.2, 0.25) is 0 Å². The Kier molecular flexibility index (Phi) is 9.57. The number of aryl methyl sites for hydroxylation is 1. The number of allylic oxidation sites excluding steroid dienone is 4. The summed E-state index contributed by atoms with van der Waals surface area (Å²) in [5.41, 5.74) is 2.36. The van der Waals surface area contributed by atoms with Crippen LogP contribution in [0.4, 0.5) is 4.79 Å². The number of ether oxygens (including phenoxy) is 1. The molecule has 0 aliphatic carbocycles. The second-order valence-electron chi connectivity index (χ2n) is 9.76. The van der Waals surface area contributed by atoms with Gasteiger partial charge in [-0.05, 0) is 62.5 Å². The number of hydrogen-bond donors (Lipinski definition) is 2. The maximum Gasteiger partial charge on any atom is 0.410 e. The summed E-state index contributed by atoms with van der Waals surface area (Å²) in [6, 6.07) is 1.69. The van der Waals surface area contributed by atoms with Gasteiger partial charge in [0.05, 0.1) is 5.60 Å². The van der Waals surface area contributed by atoms with Crippen LogP contribution in [0.5, 0.6) is 0 Å². The maximum atomic E-state index is 12.7. The van der Waals surface area contributed by atoms with Crippen LogP contribution < -0.4 is 5.32 Å². The molecule has 0 atom stereocenters. The number of rotatable bonds is 7. The van der Waals surface area contributed by atoms with Gasteiger partial charge >= 0.3 is 6.09 Å². The largest absolute Gasteiger partial charge is 0.446 e. The molecular formula is C28H38N6O4. The van der Waals surface area contributed by atoms with Gasteiger partial charge in [0.15, 0.2) is 5.82 Å². The van der Waals surface area contributed by atoms with Crippen molar-refractivity contribution in [2.24, 2.45) is 0 Å². The van der Waals surface area contributed by atoms with E-state index in [4.69, 9.17) is 4.74 Å². The van der Waals surface area contributed by atoms with E-state index >= 15 is 0 Å². The molecule has 204 valence electrons. The van der Waals surface area contributed by atoms with E-state index in [2.05, 4.69) is 31.6 Å². The van der Waals surface area contributed by atoms with Crippen LogP contribution in [0, 0.1) is 0 Å². The molecule has 0 saturated heterocycles. The Morgan fingerprint density at radius 2 is 1.97 bits per heavy atom. The predicted molar refractivity (Wildman–Crippen MR) is 145 cm³/mol. The smallest absolute Gasteiger partial charge is 0.410 e. The van der Waals surface area contributed by atoms with Crippen molar-refractivity contribution in [1.82, 2.24) is 30.0 Å². The minimum Gasteiger partial charge on any atom is -0.446 e. The minimum atomic E-state index is -1.10. The summed E-state index contributed by atoms with van der Waals surface area (Å²) in [6.45, 7) is 14.7. The van der Waals surface area contributed by atoms with Gasteiger partial charge in [0, 0.05) is 37.9 Å². The molecule has 38 heavy (non-hydrogen) atoms. The Balaban J connectivity index is 0.00000195. The molecule has 2 amide bonds. The van der Waals surface area contributed by atoms with Crippen molar-refractivity contribution >= 4 is 17.6 Å². The number of carbonyl (C=O) groups is 2. The number of pyridine rings is 1. The Hall–Kier alpha value is -3.79. The van der Waals surface area contributed by atoms with Crippen LogP contribution >= 0.6 is 0 Å². The van der Waals surface area contributed by atoms with Gasteiger partial charge in [-0.3, -0.25) is 9.78 Å². The van der Waals surface area contributed by atoms with E-state index in [9.17, 15) is 14.7 Å². The standard InChI is InChI=1S/C26H32N6O4.C2H6/c1-17(23-30-29-22-9-6-11-32(22)23)7-5-8-18(2)28-24(33)21-13-20-15-31(12-10-19(20)14-27-21)25(34)36-16-26(3,4)35;1-2/h5,7-8,13-14,35H,2,6,9-12,15-16H2,1,3-4H3,(H,28,33);1-2H3/b8-5-,17-7+;. The van der Waals surface area contributed by atoms with Gasteiger partial charge in [-0.1, -0.05) is 32.6 Å². The molecule has 4 rings (SSSR count). The lowest BCUT2D eigenvalue weighted by atomic mass is 10.0. The molecule has 0 aromatic carbocycles. The third-order valence-electron chi connectivity index (χ3n) is 6.01. The molecule has 0 saturated carbocycles. The average molecular weight is 523 g/mol. The minimum absolute atomic E-state index is 0.0925. The van der Waals surface area contributed by atoms with Crippen molar-refractivity contribution in [3.63, 3.8) is 0 Å². The van der Waals surface area contributed by atoms with E-state index in [1.165, 1.54) is 0 Å². The third kappa shape index (κ3) is 7.38. The molecule has 2 aliphatic heterocycles. The monoisotopic (exact) mass is 522 g/mol. The summed E-state index contributed by atoms with van der Waals surface area (Å²) >= 11 is 0. The van der Waals surface area contributed by atoms with E-state index in [1.54, 1.807) is 37.1 Å². The first-order valence-corrected chi connectivity index (χ1v) is 13.0. The van der Waals surface area contributed by atoms with E-state index < -0.39 is 11.7 Å². The number of aliphatic hydroxyl groups is 1. The van der Waals surface area contributed by atoms with Gasteiger partial charge in [0.25, 0.3) is 5.91 Å². The molecule has 4 heterocycles. The highest BCUT2D eigenvalue weighted by atomic mass is 16.6. The molecule has 2 N–H and O–H groups in total. The quantitative estimate of drug-likeness (QED) is 0.530. The van der Waals surface area contributed by atoms with Crippen molar-refractivity contribution in [3.8, 4) is 0 Å². The molecular weight excluding hydrogens is 484 g/mol. The summed E-state index contributed by atoms with van der Waals surface area (Å²) in [4.78, 5) is 30.9. The summed E-state index contributed by atoms with van der Waals surface area (Å²) < 4.78 is 7.33. The van der Waals surface area contributed by atoms with Crippen molar-refractivity contribution in [2.75, 3.05) is 13.2 Å². The molecule has 10 nitrogen and oxygen atoms in total. The molecule has 2 aromatic rings. The first-order chi connectivity index (χ1) is 18.1. The highest BCUT2D eigenvalue weighted by Crippen LogP contribution is 2.21. The van der Waals surface area contributed by atoms with E-state index in [-0.39, 0.29) is 18.2 Å². The van der Waals surface area contributed by atoms with Crippen LogP contribution in [0.25, 0.3) is 5.57 Å². The Morgan fingerprint density at radius 1 is 1.21 bits per heavy atom. The molecule has 0 fully saturated rings. The molecule has 2 aliphatic rings. The van der Waals surface area contributed by atoms with Crippen LogP contribution in [0.3, 0.4) is 0 Å². The highest BCUT2D eigenvalue weighted by molar-refractivity contribution is 5.94. The number of aromatic nitrogens is 4. The summed E-state index contributed by atoms with van der Waals surface area (Å²) in [7, 11) is 0. The van der Waals surface area contributed by atoms with Gasteiger partial charge in [-0.25, -0.2) is 4.79 Å². The van der Waals surface area contributed by atoms with Gasteiger partial charge in [-0.15, -0.1) is 10.2 Å². The SMILES string of the molecule is C=C(/C=C\C=C(/C)c1nnc2n1CCC2)NC(=O)c1cc2c(cn1)CCN(C(=O)OCC(C)(C)O)C2.CC. The van der Waals surface area contributed by atoms with Gasteiger partial charge in [0.1, 0.15) is 18.1 Å². The fourth-order valence-corrected chi connectivity index (χ4v) is 4.12. The van der Waals surface area contributed by atoms with Crippen molar-refractivity contribution in [1.29, 1.82) is 0 Å². The normalized spacial score (nSPS) is 14.9. The fourth-order valence-electron chi connectivity index (χ4n) is 4.12. The lowest BCUT2D eigenvalue weighted by Gasteiger charge is -2.29. The number of fused-ring (bicyclic) bond motifs is 2. The van der Waals surface area contributed by atoms with Gasteiger partial charge in [-0.2, -0.15) is 0 Å². The third-order valence-corrected chi connectivity index (χ3v) is 6.01. The van der Waals surface area contributed by atoms with E-state index in [0.29, 0.717) is 25.2 Å². The summed E-state index contributed by atoms with van der Waals surface area (Å²) in [5, 5.41) is 21.0. The van der Waals surface area contributed by atoms with Crippen molar-refractivity contribution in [3.05, 3.63) is 71.2 Å². The zero-order valence-corrected chi connectivity index (χ0v) is 23.0. The first-order valence-electron chi connectivity index (χ1n) is 13.0. The molecule has 10 heteroatoms. The van der Waals surface area contributed by atoms with Gasteiger partial charge < -0.3 is 24.6 Å². The topological polar surface area (TPSA) is 122 Å². The molecule has 0 spiro atoms. The molecule has 0 bridgehead atoms. The lowest BCUT2D eigenvalue weighted by Crippen LogP contribution is -2.39. The summed E-state index contributed by atoms with van der Waals surface area (Å²) in [5.74, 6) is 1.49. The van der Waals surface area contributed by atoms with Crippen LogP contribution in [0.2, 0.25) is 0 Å². The van der Waals surface area contributed by atoms with E-state index in [0.717, 1.165) is 47.7 Å². The fraction of sp³-hybridized carbons (Fsp3) is 0.464. The Labute approximate surface area is 224 Å². The van der Waals surface area contributed by atoms with Crippen LogP contribution in [-0.4, -0.2) is 60.5 Å². The molecule has 0 radical (unpaired) electrons. The average Bonchev–Trinajstić information content (AvgIpc) is 3.51. The summed E-state index contributed by atoms with van der Waals surface area (Å²) in [6.07, 6.45) is 9.26. The Morgan fingerprint density at radius 3 is 2.71 bits per heavy atom. The molecule has 0 unspecified atom stereocenters. The second-order valence-corrected chi connectivity index (χ2v) is 9.76. The van der Waals surface area contributed by atoms with Crippen LogP contribution in [-0.2, 0) is 30.7 Å². The highest BCUT2D eigenvalue weighted by Gasteiger charge is 2.25. The van der Waals surface area contributed by atoms with E-state index in [1.807, 2.05) is 32.9 Å². The Bertz CT molecular complexity index is 1240. The van der Waals surface area contributed by atoms with Crippen molar-refractivity contribution in [2.45, 2.75) is 72.6 Å². The number of nitrogens with one attached hydrogen (secondary N) is 1. The first kappa shape index (κ1) is 28.8. The number of hydrogen-bond acceptors (Lipinski definition) is 7. The lowest BCUT2D eigenvalue weighted by molar-refractivity contribution is -0.00487. The van der Waals surface area contributed by atoms with Crippen LogP contribution in [0.1, 0.15) is 74.3 Å². The van der Waals surface area contributed by atoms with Crippen LogP contribution in [0.15, 0.2) is 42.8 Å². The predicted octanol–water partition coefficient (Wildman–Crippen LogP) is 3.81. The number of amides is 2. The zero-order chi connectivity index (χ0) is 27.9. The maximum absolute atomic E-state index is 12.7. The van der Waals surface area contributed by atoms with Crippen molar-refractivity contribution < 1.29 is 19.4 Å².